The van der Waals surface area contributed by atoms with Crippen molar-refractivity contribution in [2.45, 2.75) is 13.8 Å². The van der Waals surface area contributed by atoms with E-state index in [-0.39, 0.29) is 0 Å². The van der Waals surface area contributed by atoms with E-state index in [9.17, 15) is 0 Å². The van der Waals surface area contributed by atoms with Gasteiger partial charge in [-0.3, -0.25) is 0 Å². The van der Waals surface area contributed by atoms with Crippen molar-refractivity contribution in [1.29, 1.82) is 0 Å². The van der Waals surface area contributed by atoms with Gasteiger partial charge in [-0.05, 0) is 23.6 Å². The first-order valence-corrected chi connectivity index (χ1v) is 6.20. The van der Waals surface area contributed by atoms with Gasteiger partial charge >= 0.3 is 0 Å². The Morgan fingerprint density at radius 2 is 1.83 bits per heavy atom. The molecule has 100 valence electrons. The molecule has 1 aromatic carbocycles. The molecule has 0 spiro atoms. The second kappa shape index (κ2) is 8.72. The maximum Gasteiger partial charge on any atom is 0.146 e. The van der Waals surface area contributed by atoms with Gasteiger partial charge in [-0.25, -0.2) is 0 Å². The Balaban J connectivity index is 2.31. The number of allylic oxidation sites excluding steroid dienone is 1. The Morgan fingerprint density at radius 1 is 1.11 bits per heavy atom. The first kappa shape index (κ1) is 14.7. The summed E-state index contributed by atoms with van der Waals surface area (Å²) < 4.78 is 15.4. The van der Waals surface area contributed by atoms with Crippen LogP contribution >= 0.6 is 0 Å². The average molecular weight is 250 g/mol. The summed E-state index contributed by atoms with van der Waals surface area (Å²) in [4.78, 5) is 0. The van der Waals surface area contributed by atoms with E-state index in [2.05, 4.69) is 26.0 Å². The van der Waals surface area contributed by atoms with Gasteiger partial charge in [-0.2, -0.15) is 0 Å². The van der Waals surface area contributed by atoms with Crippen molar-refractivity contribution in [3.05, 3.63) is 35.9 Å². The number of hydrogen-bond donors (Lipinski definition) is 0. The molecular weight excluding hydrogens is 228 g/mol. The van der Waals surface area contributed by atoms with E-state index < -0.39 is 0 Å². The molecule has 0 fully saturated rings. The van der Waals surface area contributed by atoms with Gasteiger partial charge in [0.05, 0.1) is 6.61 Å². The Hall–Kier alpha value is -1.32. The fourth-order valence-corrected chi connectivity index (χ4v) is 1.34. The molecular formula is C15H22O3. The maximum absolute atomic E-state index is 5.53. The molecule has 1 rings (SSSR count). The smallest absolute Gasteiger partial charge is 0.146 e. The van der Waals surface area contributed by atoms with E-state index in [1.54, 1.807) is 7.11 Å². The van der Waals surface area contributed by atoms with E-state index >= 15 is 0 Å². The summed E-state index contributed by atoms with van der Waals surface area (Å²) in [7, 11) is 1.60. The largest absolute Gasteiger partial charge is 0.491 e. The third-order valence-electron chi connectivity index (χ3n) is 2.25. The SMILES string of the molecule is COCOCCOc1ccc(/C=C/C(C)C)cc1. The third-order valence-corrected chi connectivity index (χ3v) is 2.25. The van der Waals surface area contributed by atoms with E-state index in [0.717, 1.165) is 5.75 Å². The van der Waals surface area contributed by atoms with Gasteiger partial charge < -0.3 is 14.2 Å². The van der Waals surface area contributed by atoms with Gasteiger partial charge in [0.15, 0.2) is 0 Å². The summed E-state index contributed by atoms with van der Waals surface area (Å²) >= 11 is 0. The van der Waals surface area contributed by atoms with Crippen molar-refractivity contribution < 1.29 is 14.2 Å². The van der Waals surface area contributed by atoms with Gasteiger partial charge in [0.25, 0.3) is 0 Å². The van der Waals surface area contributed by atoms with Crippen LogP contribution in [0.25, 0.3) is 6.08 Å². The van der Waals surface area contributed by atoms with Crippen LogP contribution in [-0.4, -0.2) is 27.1 Å². The zero-order valence-corrected chi connectivity index (χ0v) is 11.4. The van der Waals surface area contributed by atoms with E-state index in [1.807, 2.05) is 24.3 Å². The molecule has 0 N–H and O–H groups in total. The first-order valence-electron chi connectivity index (χ1n) is 6.20. The van der Waals surface area contributed by atoms with Gasteiger partial charge in [0.2, 0.25) is 0 Å². The van der Waals surface area contributed by atoms with Gasteiger partial charge in [-0.15, -0.1) is 0 Å². The van der Waals surface area contributed by atoms with Crippen LogP contribution in [-0.2, 0) is 9.47 Å². The minimum atomic E-state index is 0.308. The number of ether oxygens (including phenoxy) is 3. The average Bonchev–Trinajstić information content (AvgIpc) is 2.37. The fraction of sp³-hybridized carbons (Fsp3) is 0.467. The second-order valence-electron chi connectivity index (χ2n) is 4.34. The molecule has 0 saturated carbocycles. The lowest BCUT2D eigenvalue weighted by molar-refractivity contribution is -0.0387. The summed E-state index contributed by atoms with van der Waals surface area (Å²) in [6.45, 7) is 5.69. The highest BCUT2D eigenvalue weighted by Crippen LogP contribution is 2.13. The summed E-state index contributed by atoms with van der Waals surface area (Å²) in [5.74, 6) is 1.43. The molecule has 0 aliphatic carbocycles. The van der Waals surface area contributed by atoms with Crippen LogP contribution in [0.3, 0.4) is 0 Å². The summed E-state index contributed by atoms with van der Waals surface area (Å²) in [5, 5.41) is 0. The number of hydrogen-bond acceptors (Lipinski definition) is 3. The Morgan fingerprint density at radius 3 is 2.44 bits per heavy atom. The Labute approximate surface area is 109 Å². The molecule has 1 aromatic rings. The quantitative estimate of drug-likeness (QED) is 0.523. The van der Waals surface area contributed by atoms with Gasteiger partial charge in [0, 0.05) is 7.11 Å². The molecule has 0 radical (unpaired) electrons. The van der Waals surface area contributed by atoms with Crippen LogP contribution in [0.4, 0.5) is 0 Å². The van der Waals surface area contributed by atoms with E-state index in [4.69, 9.17) is 14.2 Å². The van der Waals surface area contributed by atoms with Gasteiger partial charge in [0.1, 0.15) is 19.1 Å². The standard InChI is InChI=1S/C15H22O3/c1-13(2)4-5-14-6-8-15(9-7-14)18-11-10-17-12-16-3/h4-9,13H,10-12H2,1-3H3/b5-4+. The molecule has 0 saturated heterocycles. The topological polar surface area (TPSA) is 27.7 Å². The lowest BCUT2D eigenvalue weighted by Gasteiger charge is -2.06. The lowest BCUT2D eigenvalue weighted by atomic mass is 10.1. The van der Waals surface area contributed by atoms with Crippen molar-refractivity contribution in [2.75, 3.05) is 27.1 Å². The molecule has 0 aliphatic rings. The Bertz CT molecular complexity index is 341. The zero-order chi connectivity index (χ0) is 13.2. The number of rotatable bonds is 8. The van der Waals surface area contributed by atoms with Crippen LogP contribution in [0.15, 0.2) is 30.3 Å². The highest BCUT2D eigenvalue weighted by Gasteiger charge is 1.94. The normalized spacial score (nSPS) is 11.3. The van der Waals surface area contributed by atoms with E-state index in [1.165, 1.54) is 5.56 Å². The molecule has 0 heterocycles. The van der Waals surface area contributed by atoms with Crippen molar-refractivity contribution in [3.63, 3.8) is 0 Å². The highest BCUT2D eigenvalue weighted by atomic mass is 16.7. The Kier molecular flexibility index (Phi) is 7.14. The molecule has 0 aliphatic heterocycles. The maximum atomic E-state index is 5.53. The summed E-state index contributed by atoms with van der Waals surface area (Å²) in [6, 6.07) is 8.03. The monoisotopic (exact) mass is 250 g/mol. The molecule has 0 bridgehead atoms. The molecule has 3 heteroatoms. The molecule has 0 amide bonds. The zero-order valence-electron chi connectivity index (χ0n) is 11.4. The van der Waals surface area contributed by atoms with Crippen molar-refractivity contribution in [3.8, 4) is 5.75 Å². The predicted molar refractivity (Wildman–Crippen MR) is 73.6 cm³/mol. The van der Waals surface area contributed by atoms with Crippen molar-refractivity contribution in [2.24, 2.45) is 5.92 Å². The predicted octanol–water partition coefficient (Wildman–Crippen LogP) is 3.36. The van der Waals surface area contributed by atoms with Crippen molar-refractivity contribution in [1.82, 2.24) is 0 Å². The second-order valence-corrected chi connectivity index (χ2v) is 4.34. The fourth-order valence-electron chi connectivity index (χ4n) is 1.34. The third kappa shape index (κ3) is 6.42. The van der Waals surface area contributed by atoms with Crippen LogP contribution in [0.2, 0.25) is 0 Å². The molecule has 0 atom stereocenters. The van der Waals surface area contributed by atoms with E-state index in [0.29, 0.717) is 25.9 Å². The van der Waals surface area contributed by atoms with Crippen LogP contribution in [0.5, 0.6) is 5.75 Å². The molecule has 0 unspecified atom stereocenters. The summed E-state index contributed by atoms with van der Waals surface area (Å²) in [5.41, 5.74) is 1.19. The van der Waals surface area contributed by atoms with Gasteiger partial charge in [-0.1, -0.05) is 38.1 Å². The van der Waals surface area contributed by atoms with Crippen LogP contribution in [0.1, 0.15) is 19.4 Å². The number of methoxy groups -OCH3 is 1. The molecule has 3 nitrogen and oxygen atoms in total. The van der Waals surface area contributed by atoms with Crippen molar-refractivity contribution >= 4 is 6.08 Å². The number of benzene rings is 1. The highest BCUT2D eigenvalue weighted by molar-refractivity contribution is 5.50. The van der Waals surface area contributed by atoms with Crippen LogP contribution in [0, 0.1) is 5.92 Å². The minimum absolute atomic E-state index is 0.308. The summed E-state index contributed by atoms with van der Waals surface area (Å²) in [6.07, 6.45) is 4.30. The molecule has 18 heavy (non-hydrogen) atoms. The molecule has 0 aromatic heterocycles. The minimum Gasteiger partial charge on any atom is -0.491 e. The lowest BCUT2D eigenvalue weighted by Crippen LogP contribution is -2.08. The van der Waals surface area contributed by atoms with Crippen LogP contribution < -0.4 is 4.74 Å². The first-order chi connectivity index (χ1) is 8.72.